The van der Waals surface area contributed by atoms with Crippen LogP contribution in [0.15, 0.2) is 0 Å². The summed E-state index contributed by atoms with van der Waals surface area (Å²) in [6.45, 7) is 1.85. The molecule has 0 atom stereocenters. The summed E-state index contributed by atoms with van der Waals surface area (Å²) in [6, 6.07) is 0.780. The van der Waals surface area contributed by atoms with E-state index < -0.39 is 0 Å². The van der Waals surface area contributed by atoms with E-state index in [0.717, 1.165) is 31.3 Å². The molecule has 0 aromatic rings. The Hall–Kier alpha value is -0.220. The third-order valence-electron chi connectivity index (χ3n) is 2.22. The summed E-state index contributed by atoms with van der Waals surface area (Å²) in [4.78, 5) is 11.2. The molecule has 1 aliphatic rings. The van der Waals surface area contributed by atoms with E-state index in [4.69, 9.17) is 0 Å². The van der Waals surface area contributed by atoms with Crippen LogP contribution in [-0.4, -0.2) is 37.0 Å². The molecule has 1 saturated carbocycles. The van der Waals surface area contributed by atoms with Crippen molar-refractivity contribution in [2.45, 2.75) is 31.7 Å². The van der Waals surface area contributed by atoms with Gasteiger partial charge < -0.3 is 10.6 Å². The average Bonchev–Trinajstić information content (AvgIpc) is 2.98. The number of carbonyl (C=O) groups excluding carboxylic acids is 1. The quantitative estimate of drug-likeness (QED) is 0.595. The minimum atomic E-state index is 0.186. The number of nitrogens with one attached hydrogen (secondary N) is 2. The molecule has 1 amide bonds. The van der Waals surface area contributed by atoms with E-state index in [9.17, 15) is 4.79 Å². The maximum absolute atomic E-state index is 11.2. The van der Waals surface area contributed by atoms with Gasteiger partial charge in [-0.3, -0.25) is 4.79 Å². The SMILES string of the molecule is CSCCC(=O)NCCCNC1CC1. The van der Waals surface area contributed by atoms with Gasteiger partial charge in [0.25, 0.3) is 0 Å². The van der Waals surface area contributed by atoms with E-state index in [1.807, 2.05) is 6.26 Å². The van der Waals surface area contributed by atoms with Crippen LogP contribution in [-0.2, 0) is 4.79 Å². The van der Waals surface area contributed by atoms with Crippen LogP contribution in [0.5, 0.6) is 0 Å². The van der Waals surface area contributed by atoms with Crippen molar-refractivity contribution in [2.24, 2.45) is 0 Å². The lowest BCUT2D eigenvalue weighted by molar-refractivity contribution is -0.120. The second-order valence-corrected chi connectivity index (χ2v) is 4.66. The van der Waals surface area contributed by atoms with Crippen molar-refractivity contribution in [3.63, 3.8) is 0 Å². The van der Waals surface area contributed by atoms with Crippen LogP contribution in [0.3, 0.4) is 0 Å². The fraction of sp³-hybridized carbons (Fsp3) is 0.900. The van der Waals surface area contributed by atoms with Crippen LogP contribution in [0.4, 0.5) is 0 Å². The van der Waals surface area contributed by atoms with E-state index in [-0.39, 0.29) is 5.91 Å². The lowest BCUT2D eigenvalue weighted by Gasteiger charge is -2.05. The van der Waals surface area contributed by atoms with E-state index >= 15 is 0 Å². The normalized spacial score (nSPS) is 15.5. The Labute approximate surface area is 90.4 Å². The van der Waals surface area contributed by atoms with Crippen LogP contribution in [0, 0.1) is 0 Å². The molecule has 0 aromatic heterocycles. The summed E-state index contributed by atoms with van der Waals surface area (Å²) in [5.41, 5.74) is 0. The van der Waals surface area contributed by atoms with Crippen LogP contribution in [0.25, 0.3) is 0 Å². The molecule has 0 saturated heterocycles. The molecule has 0 radical (unpaired) electrons. The van der Waals surface area contributed by atoms with Crippen molar-refractivity contribution in [2.75, 3.05) is 25.1 Å². The van der Waals surface area contributed by atoms with Crippen LogP contribution >= 0.6 is 11.8 Å². The number of thioether (sulfide) groups is 1. The standard InChI is InChI=1S/C10H20N2OS/c1-14-8-5-10(13)12-7-2-6-11-9-3-4-9/h9,11H,2-8H2,1H3,(H,12,13). The van der Waals surface area contributed by atoms with Gasteiger partial charge in [-0.1, -0.05) is 0 Å². The first-order valence-corrected chi connectivity index (χ1v) is 6.71. The Morgan fingerprint density at radius 2 is 2.21 bits per heavy atom. The van der Waals surface area contributed by atoms with Gasteiger partial charge in [0.1, 0.15) is 0 Å². The Morgan fingerprint density at radius 1 is 1.43 bits per heavy atom. The van der Waals surface area contributed by atoms with Crippen molar-refractivity contribution in [3.8, 4) is 0 Å². The van der Waals surface area contributed by atoms with Gasteiger partial charge in [0.05, 0.1) is 0 Å². The van der Waals surface area contributed by atoms with Crippen LogP contribution in [0.1, 0.15) is 25.7 Å². The summed E-state index contributed by atoms with van der Waals surface area (Å²) >= 11 is 1.71. The second-order valence-electron chi connectivity index (χ2n) is 3.67. The maximum Gasteiger partial charge on any atom is 0.220 e. The highest BCUT2D eigenvalue weighted by molar-refractivity contribution is 7.98. The maximum atomic E-state index is 11.2. The molecule has 82 valence electrons. The van der Waals surface area contributed by atoms with Crippen molar-refractivity contribution >= 4 is 17.7 Å². The molecule has 1 rings (SSSR count). The number of hydrogen-bond donors (Lipinski definition) is 2. The first-order chi connectivity index (χ1) is 6.83. The van der Waals surface area contributed by atoms with Gasteiger partial charge in [0.15, 0.2) is 0 Å². The molecule has 14 heavy (non-hydrogen) atoms. The molecule has 0 aliphatic heterocycles. The fourth-order valence-electron chi connectivity index (χ4n) is 1.19. The first-order valence-electron chi connectivity index (χ1n) is 5.32. The zero-order valence-corrected chi connectivity index (χ0v) is 9.66. The van der Waals surface area contributed by atoms with Gasteiger partial charge in [0, 0.05) is 24.8 Å². The minimum Gasteiger partial charge on any atom is -0.356 e. The largest absolute Gasteiger partial charge is 0.356 e. The van der Waals surface area contributed by atoms with Gasteiger partial charge in [0.2, 0.25) is 5.91 Å². The Kier molecular flexibility index (Phi) is 6.03. The molecule has 3 nitrogen and oxygen atoms in total. The molecule has 0 spiro atoms. The van der Waals surface area contributed by atoms with Crippen LogP contribution in [0.2, 0.25) is 0 Å². The smallest absolute Gasteiger partial charge is 0.220 e. The molecule has 2 N–H and O–H groups in total. The molecule has 0 unspecified atom stereocenters. The van der Waals surface area contributed by atoms with Gasteiger partial charge in [-0.25, -0.2) is 0 Å². The molecule has 4 heteroatoms. The summed E-state index contributed by atoms with van der Waals surface area (Å²) in [7, 11) is 0. The minimum absolute atomic E-state index is 0.186. The summed E-state index contributed by atoms with van der Waals surface area (Å²) in [6.07, 6.45) is 6.38. The number of rotatable bonds is 8. The molecule has 0 bridgehead atoms. The number of hydrogen-bond acceptors (Lipinski definition) is 3. The molecule has 1 aliphatic carbocycles. The van der Waals surface area contributed by atoms with E-state index in [2.05, 4.69) is 10.6 Å². The van der Waals surface area contributed by atoms with Crippen molar-refractivity contribution in [1.82, 2.24) is 10.6 Å². The van der Waals surface area contributed by atoms with Gasteiger partial charge in [-0.15, -0.1) is 0 Å². The lowest BCUT2D eigenvalue weighted by Crippen LogP contribution is -2.28. The zero-order chi connectivity index (χ0) is 10.2. The van der Waals surface area contributed by atoms with Gasteiger partial charge in [-0.2, -0.15) is 11.8 Å². The fourth-order valence-corrected chi connectivity index (χ4v) is 1.58. The first kappa shape index (κ1) is 11.9. The Balaban J connectivity index is 1.79. The lowest BCUT2D eigenvalue weighted by atomic mass is 10.4. The molecular formula is C10H20N2OS. The summed E-state index contributed by atoms with van der Waals surface area (Å²) in [5.74, 6) is 1.11. The van der Waals surface area contributed by atoms with Gasteiger partial charge in [-0.05, 0) is 32.1 Å². The average molecular weight is 216 g/mol. The topological polar surface area (TPSA) is 41.1 Å². The summed E-state index contributed by atoms with van der Waals surface area (Å²) < 4.78 is 0. The second kappa shape index (κ2) is 7.12. The number of amides is 1. The Bertz CT molecular complexity index is 172. The van der Waals surface area contributed by atoms with Crippen LogP contribution < -0.4 is 10.6 Å². The zero-order valence-electron chi connectivity index (χ0n) is 8.84. The number of carbonyl (C=O) groups is 1. The molecule has 0 aromatic carbocycles. The predicted molar refractivity (Wildman–Crippen MR) is 61.7 cm³/mol. The highest BCUT2D eigenvalue weighted by atomic mass is 32.2. The highest BCUT2D eigenvalue weighted by Crippen LogP contribution is 2.18. The third kappa shape index (κ3) is 6.27. The Morgan fingerprint density at radius 3 is 2.86 bits per heavy atom. The molecule has 0 heterocycles. The van der Waals surface area contributed by atoms with Crippen molar-refractivity contribution < 1.29 is 4.79 Å². The molecule has 1 fully saturated rings. The predicted octanol–water partition coefficient (Wildman–Crippen LogP) is 0.998. The van der Waals surface area contributed by atoms with Crippen molar-refractivity contribution in [1.29, 1.82) is 0 Å². The van der Waals surface area contributed by atoms with Crippen molar-refractivity contribution in [3.05, 3.63) is 0 Å². The molecular weight excluding hydrogens is 196 g/mol. The monoisotopic (exact) mass is 216 g/mol. The third-order valence-corrected chi connectivity index (χ3v) is 2.83. The van der Waals surface area contributed by atoms with Gasteiger partial charge >= 0.3 is 0 Å². The van der Waals surface area contributed by atoms with E-state index in [1.165, 1.54) is 12.8 Å². The highest BCUT2D eigenvalue weighted by Gasteiger charge is 2.19. The van der Waals surface area contributed by atoms with E-state index in [1.54, 1.807) is 11.8 Å². The van der Waals surface area contributed by atoms with E-state index in [0.29, 0.717) is 6.42 Å². The summed E-state index contributed by atoms with van der Waals surface area (Å²) in [5, 5.41) is 6.34.